The van der Waals surface area contributed by atoms with Crippen molar-refractivity contribution in [2.24, 2.45) is 0 Å². The first-order valence-corrected chi connectivity index (χ1v) is 9.07. The summed E-state index contributed by atoms with van der Waals surface area (Å²) in [6.07, 6.45) is 10.1. The quantitative estimate of drug-likeness (QED) is 0.886. The Balaban J connectivity index is 1.41. The molecule has 0 aromatic heterocycles. The normalized spacial score (nSPS) is 33.7. The Bertz CT molecular complexity index is 419. The highest BCUT2D eigenvalue weighted by molar-refractivity contribution is 7.99. The van der Waals surface area contributed by atoms with E-state index in [9.17, 15) is 4.39 Å². The third kappa shape index (κ3) is 3.37. The molecule has 1 nitrogen and oxygen atoms in total. The van der Waals surface area contributed by atoms with Crippen LogP contribution in [0.25, 0.3) is 0 Å². The Kier molecular flexibility index (Phi) is 4.67. The molecule has 2 saturated carbocycles. The maximum absolute atomic E-state index is 12.9. The fourth-order valence-electron chi connectivity index (χ4n) is 3.56. The molecule has 0 heterocycles. The van der Waals surface area contributed by atoms with Gasteiger partial charge in [0, 0.05) is 17.3 Å². The molecule has 2 fully saturated rings. The van der Waals surface area contributed by atoms with Crippen molar-refractivity contribution in [3.8, 4) is 0 Å². The molecule has 110 valence electrons. The van der Waals surface area contributed by atoms with E-state index in [-0.39, 0.29) is 5.82 Å². The largest absolute Gasteiger partial charge is 0.311 e. The van der Waals surface area contributed by atoms with Crippen molar-refractivity contribution in [3.63, 3.8) is 0 Å². The molecule has 3 heteroatoms. The van der Waals surface area contributed by atoms with Crippen molar-refractivity contribution in [2.75, 3.05) is 6.26 Å². The summed E-state index contributed by atoms with van der Waals surface area (Å²) in [5, 5.41) is 4.72. The summed E-state index contributed by atoms with van der Waals surface area (Å²) in [5.41, 5.74) is 1.30. The van der Waals surface area contributed by atoms with Crippen molar-refractivity contribution in [1.29, 1.82) is 0 Å². The second-order valence-electron chi connectivity index (χ2n) is 6.29. The van der Waals surface area contributed by atoms with Crippen LogP contribution in [0.5, 0.6) is 0 Å². The minimum Gasteiger partial charge on any atom is -0.311 e. The van der Waals surface area contributed by atoms with Crippen LogP contribution in [0.4, 0.5) is 4.39 Å². The highest BCUT2D eigenvalue weighted by atomic mass is 32.2. The second kappa shape index (κ2) is 6.48. The van der Waals surface area contributed by atoms with Gasteiger partial charge < -0.3 is 5.32 Å². The minimum atomic E-state index is -0.131. The zero-order chi connectivity index (χ0) is 13.9. The first-order valence-electron chi connectivity index (χ1n) is 7.79. The van der Waals surface area contributed by atoms with Gasteiger partial charge in [0.2, 0.25) is 0 Å². The molecule has 0 aliphatic heterocycles. The van der Waals surface area contributed by atoms with E-state index >= 15 is 0 Å². The number of benzene rings is 1. The van der Waals surface area contributed by atoms with Gasteiger partial charge in [-0.2, -0.15) is 11.8 Å². The summed E-state index contributed by atoms with van der Waals surface area (Å²) in [4.78, 5) is 0. The highest BCUT2D eigenvalue weighted by Gasteiger charge is 2.32. The monoisotopic (exact) mass is 293 g/mol. The molecule has 2 aliphatic rings. The Morgan fingerprint density at radius 3 is 2.25 bits per heavy atom. The van der Waals surface area contributed by atoms with Crippen LogP contribution in [-0.2, 0) is 0 Å². The lowest BCUT2D eigenvalue weighted by Crippen LogP contribution is -2.46. The van der Waals surface area contributed by atoms with Crippen LogP contribution in [0.3, 0.4) is 0 Å². The van der Waals surface area contributed by atoms with Gasteiger partial charge in [-0.3, -0.25) is 0 Å². The van der Waals surface area contributed by atoms with Crippen LogP contribution < -0.4 is 5.32 Å². The highest BCUT2D eigenvalue weighted by Crippen LogP contribution is 2.38. The molecule has 0 amide bonds. The molecule has 1 aromatic carbocycles. The number of hydrogen-bond acceptors (Lipinski definition) is 2. The fraction of sp³-hybridized carbons (Fsp3) is 0.647. The number of halogens is 1. The summed E-state index contributed by atoms with van der Waals surface area (Å²) in [6, 6.07) is 8.47. The van der Waals surface area contributed by atoms with Crippen molar-refractivity contribution >= 4 is 11.8 Å². The van der Waals surface area contributed by atoms with Crippen LogP contribution in [0, 0.1) is 5.82 Å². The Morgan fingerprint density at radius 1 is 1.00 bits per heavy atom. The molecule has 3 rings (SSSR count). The van der Waals surface area contributed by atoms with Gasteiger partial charge in [-0.05, 0) is 68.4 Å². The summed E-state index contributed by atoms with van der Waals surface area (Å²) in [7, 11) is 0. The van der Waals surface area contributed by atoms with Gasteiger partial charge in [0.15, 0.2) is 0 Å². The van der Waals surface area contributed by atoms with Crippen molar-refractivity contribution in [1.82, 2.24) is 5.32 Å². The molecule has 0 bridgehead atoms. The lowest BCUT2D eigenvalue weighted by Gasteiger charge is -2.40. The Morgan fingerprint density at radius 2 is 1.65 bits per heavy atom. The maximum Gasteiger partial charge on any atom is 0.123 e. The SMILES string of the molecule is CSC1CCC(NC2CC(c3ccc(F)cc3)C2)CC1. The van der Waals surface area contributed by atoms with Gasteiger partial charge in [-0.15, -0.1) is 0 Å². The van der Waals surface area contributed by atoms with E-state index in [0.717, 1.165) is 11.3 Å². The van der Waals surface area contributed by atoms with Crippen molar-refractivity contribution in [2.45, 2.75) is 61.8 Å². The molecule has 1 aromatic rings. The van der Waals surface area contributed by atoms with E-state index in [0.29, 0.717) is 12.0 Å². The lowest BCUT2D eigenvalue weighted by atomic mass is 9.75. The van der Waals surface area contributed by atoms with Crippen LogP contribution >= 0.6 is 11.8 Å². The molecule has 0 spiro atoms. The molecular weight excluding hydrogens is 269 g/mol. The van der Waals surface area contributed by atoms with E-state index in [1.165, 1.54) is 44.1 Å². The second-order valence-corrected chi connectivity index (χ2v) is 7.43. The molecule has 0 unspecified atom stereocenters. The standard InChI is InChI=1S/C17H24FNS/c1-20-17-8-6-15(7-9-17)19-16-10-13(11-16)12-2-4-14(18)5-3-12/h2-5,13,15-17,19H,6-11H2,1H3. The number of nitrogens with one attached hydrogen (secondary N) is 1. The average Bonchev–Trinajstić information content (AvgIpc) is 2.44. The van der Waals surface area contributed by atoms with Gasteiger partial charge in [0.05, 0.1) is 0 Å². The fourth-order valence-corrected chi connectivity index (χ4v) is 4.30. The molecule has 0 radical (unpaired) electrons. The minimum absolute atomic E-state index is 0.131. The van der Waals surface area contributed by atoms with E-state index in [4.69, 9.17) is 0 Å². The molecular formula is C17H24FNS. The van der Waals surface area contributed by atoms with E-state index in [1.807, 2.05) is 23.9 Å². The van der Waals surface area contributed by atoms with Crippen LogP contribution in [0.2, 0.25) is 0 Å². The molecule has 20 heavy (non-hydrogen) atoms. The van der Waals surface area contributed by atoms with Gasteiger partial charge in [-0.25, -0.2) is 4.39 Å². The number of rotatable bonds is 4. The Labute approximate surface area is 125 Å². The lowest BCUT2D eigenvalue weighted by molar-refractivity contribution is 0.240. The summed E-state index contributed by atoms with van der Waals surface area (Å²) in [5.74, 6) is 0.504. The smallest absolute Gasteiger partial charge is 0.123 e. The van der Waals surface area contributed by atoms with Crippen LogP contribution in [0.15, 0.2) is 24.3 Å². The van der Waals surface area contributed by atoms with Crippen LogP contribution in [0.1, 0.15) is 50.0 Å². The average molecular weight is 293 g/mol. The van der Waals surface area contributed by atoms with Crippen molar-refractivity contribution in [3.05, 3.63) is 35.6 Å². The molecule has 0 atom stereocenters. The predicted octanol–water partition coefficient (Wildman–Crippen LogP) is 4.34. The molecule has 1 N–H and O–H groups in total. The topological polar surface area (TPSA) is 12.0 Å². The third-order valence-electron chi connectivity index (χ3n) is 4.96. The van der Waals surface area contributed by atoms with E-state index < -0.39 is 0 Å². The summed E-state index contributed by atoms with van der Waals surface area (Å²) in [6.45, 7) is 0. The maximum atomic E-state index is 12.9. The zero-order valence-corrected chi connectivity index (χ0v) is 13.0. The summed E-state index contributed by atoms with van der Waals surface area (Å²) >= 11 is 2.03. The van der Waals surface area contributed by atoms with Gasteiger partial charge >= 0.3 is 0 Å². The molecule has 2 aliphatic carbocycles. The van der Waals surface area contributed by atoms with Gasteiger partial charge in [0.1, 0.15) is 5.82 Å². The summed E-state index contributed by atoms with van der Waals surface area (Å²) < 4.78 is 12.9. The van der Waals surface area contributed by atoms with Gasteiger partial charge in [-0.1, -0.05) is 12.1 Å². The van der Waals surface area contributed by atoms with Crippen LogP contribution in [-0.4, -0.2) is 23.6 Å². The first kappa shape index (κ1) is 14.4. The van der Waals surface area contributed by atoms with Crippen molar-refractivity contribution < 1.29 is 4.39 Å². The third-order valence-corrected chi connectivity index (χ3v) is 6.10. The Hall–Kier alpha value is -0.540. The zero-order valence-electron chi connectivity index (χ0n) is 12.1. The predicted molar refractivity (Wildman–Crippen MR) is 84.9 cm³/mol. The van der Waals surface area contributed by atoms with E-state index in [1.54, 1.807) is 12.1 Å². The number of hydrogen-bond donors (Lipinski definition) is 1. The molecule has 0 saturated heterocycles. The first-order chi connectivity index (χ1) is 9.74. The van der Waals surface area contributed by atoms with Gasteiger partial charge in [0.25, 0.3) is 0 Å². The van der Waals surface area contributed by atoms with E-state index in [2.05, 4.69) is 11.6 Å². The number of thioether (sulfide) groups is 1.